The van der Waals surface area contributed by atoms with Crippen molar-refractivity contribution in [3.8, 4) is 0 Å². The largest absolute Gasteiger partial charge is 0.416 e. The number of rotatable bonds is 4. The van der Waals surface area contributed by atoms with Gasteiger partial charge < -0.3 is 10.6 Å². The zero-order valence-electron chi connectivity index (χ0n) is 9.55. The minimum absolute atomic E-state index is 0.186. The predicted molar refractivity (Wildman–Crippen MR) is 61.1 cm³/mol. The molecule has 0 aromatic heterocycles. The van der Waals surface area contributed by atoms with Crippen molar-refractivity contribution in [1.82, 2.24) is 5.32 Å². The quantitative estimate of drug-likeness (QED) is 0.870. The highest BCUT2D eigenvalue weighted by molar-refractivity contribution is 5.92. The van der Waals surface area contributed by atoms with E-state index in [1.807, 2.05) is 0 Å². The average Bonchev–Trinajstić information content (AvgIpc) is 3.09. The summed E-state index contributed by atoms with van der Waals surface area (Å²) < 4.78 is 36.9. The van der Waals surface area contributed by atoms with E-state index >= 15 is 0 Å². The van der Waals surface area contributed by atoms with Crippen LogP contribution in [0.25, 0.3) is 0 Å². The lowest BCUT2D eigenvalue weighted by Crippen LogP contribution is -2.29. The van der Waals surface area contributed by atoms with Crippen LogP contribution >= 0.6 is 0 Å². The second-order valence-corrected chi connectivity index (χ2v) is 4.28. The van der Waals surface area contributed by atoms with Crippen molar-refractivity contribution in [2.24, 2.45) is 0 Å². The van der Waals surface area contributed by atoms with Crippen LogP contribution in [0.3, 0.4) is 0 Å². The number of alkyl halides is 3. The Morgan fingerprint density at radius 3 is 2.33 bits per heavy atom. The van der Waals surface area contributed by atoms with E-state index in [0.717, 1.165) is 25.0 Å². The van der Waals surface area contributed by atoms with Crippen molar-refractivity contribution in [1.29, 1.82) is 0 Å². The molecule has 0 atom stereocenters. The van der Waals surface area contributed by atoms with Crippen molar-refractivity contribution in [2.75, 3.05) is 11.9 Å². The molecule has 6 heteroatoms. The minimum atomic E-state index is -4.35. The molecule has 0 saturated heterocycles. The van der Waals surface area contributed by atoms with Crippen molar-refractivity contribution < 1.29 is 18.0 Å². The highest BCUT2D eigenvalue weighted by atomic mass is 19.4. The summed E-state index contributed by atoms with van der Waals surface area (Å²) >= 11 is 0. The molecule has 2 rings (SSSR count). The smallest absolute Gasteiger partial charge is 0.325 e. The van der Waals surface area contributed by atoms with Gasteiger partial charge in [0.2, 0.25) is 5.91 Å². The second-order valence-electron chi connectivity index (χ2n) is 4.28. The highest BCUT2D eigenvalue weighted by Gasteiger charge is 2.30. The van der Waals surface area contributed by atoms with E-state index in [2.05, 4.69) is 10.6 Å². The third kappa shape index (κ3) is 3.73. The molecule has 0 spiro atoms. The molecule has 0 radical (unpaired) electrons. The Kier molecular flexibility index (Phi) is 3.56. The fourth-order valence-electron chi connectivity index (χ4n) is 1.47. The molecule has 98 valence electrons. The number of carbonyl (C=O) groups is 1. The molecule has 0 heterocycles. The van der Waals surface area contributed by atoms with Gasteiger partial charge in [-0.15, -0.1) is 0 Å². The number of halogens is 3. The van der Waals surface area contributed by atoms with Crippen LogP contribution in [0.2, 0.25) is 0 Å². The fourth-order valence-corrected chi connectivity index (χ4v) is 1.47. The minimum Gasteiger partial charge on any atom is -0.325 e. The molecule has 1 fully saturated rings. The Morgan fingerprint density at radius 2 is 1.83 bits per heavy atom. The van der Waals surface area contributed by atoms with Crippen LogP contribution in [0.4, 0.5) is 18.9 Å². The lowest BCUT2D eigenvalue weighted by molar-refractivity contribution is -0.137. The molecule has 1 saturated carbocycles. The van der Waals surface area contributed by atoms with E-state index in [9.17, 15) is 18.0 Å². The maximum absolute atomic E-state index is 12.3. The van der Waals surface area contributed by atoms with Gasteiger partial charge in [0.15, 0.2) is 0 Å². The number of nitrogens with one attached hydrogen (secondary N) is 2. The van der Waals surface area contributed by atoms with Crippen molar-refractivity contribution >= 4 is 11.6 Å². The number of hydrogen-bond donors (Lipinski definition) is 2. The van der Waals surface area contributed by atoms with Gasteiger partial charge in [0.1, 0.15) is 0 Å². The van der Waals surface area contributed by atoms with Crippen LogP contribution in [0.1, 0.15) is 18.4 Å². The maximum Gasteiger partial charge on any atom is 0.416 e. The molecular weight excluding hydrogens is 245 g/mol. The third-order valence-corrected chi connectivity index (χ3v) is 2.62. The Balaban J connectivity index is 1.87. The van der Waals surface area contributed by atoms with Gasteiger partial charge in [-0.1, -0.05) is 0 Å². The number of hydrogen-bond acceptors (Lipinski definition) is 2. The summed E-state index contributed by atoms with van der Waals surface area (Å²) in [6.07, 6.45) is -2.20. The van der Waals surface area contributed by atoms with Gasteiger partial charge >= 0.3 is 6.18 Å². The van der Waals surface area contributed by atoms with Crippen LogP contribution in [-0.4, -0.2) is 18.5 Å². The molecule has 0 unspecified atom stereocenters. The average molecular weight is 258 g/mol. The second kappa shape index (κ2) is 4.97. The summed E-state index contributed by atoms with van der Waals surface area (Å²) in [4.78, 5) is 11.4. The SMILES string of the molecule is O=C(CNC1CC1)Nc1ccc(C(F)(F)F)cc1. The monoisotopic (exact) mass is 258 g/mol. The summed E-state index contributed by atoms with van der Waals surface area (Å²) in [5, 5.41) is 5.56. The molecule has 1 aliphatic rings. The van der Waals surface area contributed by atoms with Gasteiger partial charge in [-0.2, -0.15) is 13.2 Å². The van der Waals surface area contributed by atoms with E-state index in [1.54, 1.807) is 0 Å². The summed E-state index contributed by atoms with van der Waals surface area (Å²) in [6.45, 7) is 0.186. The first-order valence-corrected chi connectivity index (χ1v) is 5.65. The fraction of sp³-hybridized carbons (Fsp3) is 0.417. The van der Waals surface area contributed by atoms with Gasteiger partial charge in [0.25, 0.3) is 0 Å². The first kappa shape index (κ1) is 12.9. The Labute approximate surface area is 102 Å². The summed E-state index contributed by atoms with van der Waals surface area (Å²) in [5.41, 5.74) is -0.359. The Morgan fingerprint density at radius 1 is 1.22 bits per heavy atom. The maximum atomic E-state index is 12.3. The standard InChI is InChI=1S/C12H13F3N2O/c13-12(14,15)8-1-3-10(4-2-8)17-11(18)7-16-9-5-6-9/h1-4,9,16H,5-7H2,(H,17,18). The molecular formula is C12H13F3N2O. The molecule has 1 aromatic carbocycles. The van der Waals surface area contributed by atoms with E-state index in [0.29, 0.717) is 11.7 Å². The Hall–Kier alpha value is -1.56. The van der Waals surface area contributed by atoms with E-state index in [1.165, 1.54) is 12.1 Å². The molecule has 0 aliphatic heterocycles. The molecule has 0 bridgehead atoms. The van der Waals surface area contributed by atoms with E-state index in [4.69, 9.17) is 0 Å². The van der Waals surface area contributed by atoms with Crippen LogP contribution in [0.15, 0.2) is 24.3 Å². The zero-order chi connectivity index (χ0) is 13.2. The van der Waals surface area contributed by atoms with Crippen LogP contribution < -0.4 is 10.6 Å². The van der Waals surface area contributed by atoms with Gasteiger partial charge in [-0.3, -0.25) is 4.79 Å². The molecule has 18 heavy (non-hydrogen) atoms. The van der Waals surface area contributed by atoms with Crippen molar-refractivity contribution in [2.45, 2.75) is 25.1 Å². The summed E-state index contributed by atoms with van der Waals surface area (Å²) in [7, 11) is 0. The first-order chi connectivity index (χ1) is 8.45. The topological polar surface area (TPSA) is 41.1 Å². The highest BCUT2D eigenvalue weighted by Crippen LogP contribution is 2.29. The lowest BCUT2D eigenvalue weighted by atomic mass is 10.2. The van der Waals surface area contributed by atoms with Gasteiger partial charge in [-0.05, 0) is 37.1 Å². The number of anilines is 1. The van der Waals surface area contributed by atoms with Crippen LogP contribution in [0.5, 0.6) is 0 Å². The van der Waals surface area contributed by atoms with Crippen LogP contribution in [0, 0.1) is 0 Å². The van der Waals surface area contributed by atoms with Crippen LogP contribution in [-0.2, 0) is 11.0 Å². The van der Waals surface area contributed by atoms with E-state index < -0.39 is 11.7 Å². The first-order valence-electron chi connectivity index (χ1n) is 5.65. The third-order valence-electron chi connectivity index (χ3n) is 2.62. The summed E-state index contributed by atoms with van der Waals surface area (Å²) in [6, 6.07) is 4.81. The molecule has 3 nitrogen and oxygen atoms in total. The van der Waals surface area contributed by atoms with E-state index in [-0.39, 0.29) is 12.5 Å². The molecule has 1 aliphatic carbocycles. The molecule has 1 amide bonds. The van der Waals surface area contributed by atoms with Gasteiger partial charge in [0, 0.05) is 11.7 Å². The van der Waals surface area contributed by atoms with Crippen molar-refractivity contribution in [3.05, 3.63) is 29.8 Å². The Bertz CT molecular complexity index is 424. The van der Waals surface area contributed by atoms with Gasteiger partial charge in [-0.25, -0.2) is 0 Å². The zero-order valence-corrected chi connectivity index (χ0v) is 9.55. The summed E-state index contributed by atoms with van der Waals surface area (Å²) in [5.74, 6) is -0.248. The van der Waals surface area contributed by atoms with Crippen molar-refractivity contribution in [3.63, 3.8) is 0 Å². The lowest BCUT2D eigenvalue weighted by Gasteiger charge is -2.09. The predicted octanol–water partition coefficient (Wildman–Crippen LogP) is 2.40. The molecule has 1 aromatic rings. The number of carbonyl (C=O) groups excluding carboxylic acids is 1. The molecule has 2 N–H and O–H groups in total. The number of benzene rings is 1. The normalized spacial score (nSPS) is 15.5. The number of amides is 1. The van der Waals surface area contributed by atoms with Gasteiger partial charge in [0.05, 0.1) is 12.1 Å².